The molecule has 9 N–H and O–H groups in total. The minimum atomic E-state index is -1.79. The van der Waals surface area contributed by atoms with Crippen molar-refractivity contribution in [2.24, 2.45) is 0 Å². The van der Waals surface area contributed by atoms with E-state index in [-0.39, 0.29) is 18.9 Å². The summed E-state index contributed by atoms with van der Waals surface area (Å²) in [5.74, 6) is -0.223. The second-order valence-corrected chi connectivity index (χ2v) is 26.8. The molecule has 2 rings (SSSR count). The van der Waals surface area contributed by atoms with Gasteiger partial charge in [-0.3, -0.25) is 4.79 Å². The molecule has 0 bridgehead atoms. The summed E-state index contributed by atoms with van der Waals surface area (Å²) < 4.78 is 22.9. The van der Waals surface area contributed by atoms with Gasteiger partial charge in [-0.15, -0.1) is 0 Å². The highest BCUT2D eigenvalue weighted by Gasteiger charge is 2.51. The molecule has 0 aliphatic carbocycles. The van der Waals surface area contributed by atoms with Crippen LogP contribution in [0.4, 0.5) is 0 Å². The van der Waals surface area contributed by atoms with Crippen molar-refractivity contribution in [1.29, 1.82) is 0 Å². The van der Waals surface area contributed by atoms with Crippen LogP contribution < -0.4 is 5.32 Å². The van der Waals surface area contributed by atoms with E-state index in [1.165, 1.54) is 135 Å². The zero-order valence-electron chi connectivity index (χ0n) is 60.3. The lowest BCUT2D eigenvalue weighted by Gasteiger charge is -2.46. The summed E-state index contributed by atoms with van der Waals surface area (Å²) in [4.78, 5) is 13.4. The van der Waals surface area contributed by atoms with Crippen molar-refractivity contribution >= 4 is 5.91 Å². The van der Waals surface area contributed by atoms with Crippen LogP contribution in [-0.4, -0.2) is 140 Å². The molecule has 0 spiro atoms. The van der Waals surface area contributed by atoms with Crippen molar-refractivity contribution in [3.05, 3.63) is 122 Å². The van der Waals surface area contributed by atoms with Crippen molar-refractivity contribution in [1.82, 2.24) is 5.32 Å². The van der Waals surface area contributed by atoms with Gasteiger partial charge in [0, 0.05) is 6.42 Å². The molecule has 2 heterocycles. The lowest BCUT2D eigenvalue weighted by Crippen LogP contribution is -2.65. The number of hydrogen-bond donors (Lipinski definition) is 9. The number of unbranched alkanes of at least 4 members (excludes halogenated alkanes) is 30. The third kappa shape index (κ3) is 47.4. The van der Waals surface area contributed by atoms with E-state index in [0.29, 0.717) is 12.8 Å². The number of allylic oxidation sites excluding steroid dienone is 20. The normalized spacial score (nSPS) is 22.9. The van der Waals surface area contributed by atoms with Gasteiger partial charge in [-0.05, 0) is 89.9 Å². The summed E-state index contributed by atoms with van der Waals surface area (Å²) in [5, 5.41) is 87.8. The maximum absolute atomic E-state index is 13.4. The fraction of sp³-hybridized carbons (Fsp3) is 0.744. The number of carbonyl (C=O) groups is 1. The van der Waals surface area contributed by atoms with Crippen LogP contribution in [0.1, 0.15) is 296 Å². The highest BCUT2D eigenvalue weighted by molar-refractivity contribution is 5.76. The zero-order valence-corrected chi connectivity index (χ0v) is 60.3. The van der Waals surface area contributed by atoms with E-state index < -0.39 is 86.8 Å². The molecule has 0 radical (unpaired) electrons. The Labute approximate surface area is 584 Å². The molecule has 14 nitrogen and oxygen atoms in total. The van der Waals surface area contributed by atoms with Gasteiger partial charge in [-0.25, -0.2) is 0 Å². The summed E-state index contributed by atoms with van der Waals surface area (Å²) in [7, 11) is 0. The van der Waals surface area contributed by atoms with Crippen LogP contribution in [0.15, 0.2) is 122 Å². The van der Waals surface area contributed by atoms with Gasteiger partial charge in [0.05, 0.1) is 32.0 Å². The van der Waals surface area contributed by atoms with Crippen molar-refractivity contribution in [2.75, 3.05) is 19.8 Å². The third-order valence-corrected chi connectivity index (χ3v) is 18.2. The number of aliphatic hydroxyl groups excluding tert-OH is 8. The van der Waals surface area contributed by atoms with E-state index >= 15 is 0 Å². The van der Waals surface area contributed by atoms with Gasteiger partial charge in [-0.2, -0.15) is 0 Å². The average molecular weight is 1350 g/mol. The SMILES string of the molecule is CC/C=C\C/C=C\C/C=C\C/C=C\C/C=C\C/C=C\C/C=C\C/C=C\C/C=C\C/C=C\CCCCCCCCC(=O)NC(COC1OC(CO)C(OC2OC(CO)C(O)C(O)C2O)C(O)C1O)C(O)CCCCCCCCCCCCCCCCCCCCCCCCCCC. The van der Waals surface area contributed by atoms with Crippen molar-refractivity contribution in [2.45, 2.75) is 370 Å². The predicted octanol–water partition coefficient (Wildman–Crippen LogP) is 17.2. The highest BCUT2D eigenvalue weighted by atomic mass is 16.7. The van der Waals surface area contributed by atoms with Crippen molar-refractivity contribution in [3.8, 4) is 0 Å². The fourth-order valence-corrected chi connectivity index (χ4v) is 12.1. The molecule has 552 valence electrons. The maximum atomic E-state index is 13.4. The Bertz CT molecular complexity index is 2080. The van der Waals surface area contributed by atoms with E-state index in [1.807, 2.05) is 0 Å². The summed E-state index contributed by atoms with van der Waals surface area (Å²) in [6, 6.07) is -0.848. The molecule has 2 saturated heterocycles. The molecule has 2 aliphatic rings. The molecule has 0 aromatic carbocycles. The van der Waals surface area contributed by atoms with Gasteiger partial charge in [0.15, 0.2) is 12.6 Å². The number of aliphatic hydroxyl groups is 8. The highest BCUT2D eigenvalue weighted by Crippen LogP contribution is 2.30. The van der Waals surface area contributed by atoms with Gasteiger partial charge in [0.25, 0.3) is 0 Å². The lowest BCUT2D eigenvalue weighted by atomic mass is 9.97. The van der Waals surface area contributed by atoms with E-state index in [4.69, 9.17) is 18.9 Å². The smallest absolute Gasteiger partial charge is 0.220 e. The molecule has 2 aliphatic heterocycles. The molecule has 2 fully saturated rings. The second kappa shape index (κ2) is 64.7. The van der Waals surface area contributed by atoms with Crippen LogP contribution >= 0.6 is 0 Å². The summed E-state index contributed by atoms with van der Waals surface area (Å²) in [6.45, 7) is 2.76. The molecule has 12 unspecified atom stereocenters. The zero-order chi connectivity index (χ0) is 69.4. The van der Waals surface area contributed by atoms with Crippen LogP contribution in [0.3, 0.4) is 0 Å². The van der Waals surface area contributed by atoms with Crippen LogP contribution in [-0.2, 0) is 23.7 Å². The van der Waals surface area contributed by atoms with Gasteiger partial charge in [-0.1, -0.05) is 322 Å². The summed E-state index contributed by atoms with van der Waals surface area (Å²) >= 11 is 0. The first-order valence-electron chi connectivity index (χ1n) is 38.8. The molecule has 0 saturated carbocycles. The summed E-state index contributed by atoms with van der Waals surface area (Å²) in [5.41, 5.74) is 0. The topological polar surface area (TPSA) is 228 Å². The number of carbonyl (C=O) groups excluding carboxylic acids is 1. The van der Waals surface area contributed by atoms with Crippen LogP contribution in [0.25, 0.3) is 0 Å². The quantitative estimate of drug-likeness (QED) is 0.0204. The van der Waals surface area contributed by atoms with Crippen molar-refractivity contribution in [3.63, 3.8) is 0 Å². The first-order valence-corrected chi connectivity index (χ1v) is 38.8. The van der Waals surface area contributed by atoms with E-state index in [2.05, 4.69) is 141 Å². The Morgan fingerprint density at radius 2 is 0.719 bits per heavy atom. The largest absolute Gasteiger partial charge is 0.394 e. The molecule has 0 aromatic heterocycles. The number of nitrogens with one attached hydrogen (secondary N) is 1. The van der Waals surface area contributed by atoms with E-state index in [0.717, 1.165) is 128 Å². The maximum Gasteiger partial charge on any atom is 0.220 e. The second-order valence-electron chi connectivity index (χ2n) is 26.8. The number of amides is 1. The van der Waals surface area contributed by atoms with E-state index in [1.54, 1.807) is 0 Å². The van der Waals surface area contributed by atoms with Gasteiger partial charge < -0.3 is 65.1 Å². The molecular weight excluding hydrogens is 1210 g/mol. The van der Waals surface area contributed by atoms with Crippen LogP contribution in [0.5, 0.6) is 0 Å². The minimum Gasteiger partial charge on any atom is -0.394 e. The first-order chi connectivity index (χ1) is 47.1. The Hall–Kier alpha value is -3.61. The Balaban J connectivity index is 1.65. The first kappa shape index (κ1) is 88.5. The average Bonchev–Trinajstić information content (AvgIpc) is 0.857. The summed E-state index contributed by atoms with van der Waals surface area (Å²) in [6.07, 6.45) is 77.8. The van der Waals surface area contributed by atoms with Gasteiger partial charge >= 0.3 is 0 Å². The molecular formula is C82H141NO13. The molecule has 0 aromatic rings. The molecule has 96 heavy (non-hydrogen) atoms. The van der Waals surface area contributed by atoms with Crippen LogP contribution in [0, 0.1) is 0 Å². The third-order valence-electron chi connectivity index (χ3n) is 18.2. The Morgan fingerprint density at radius 1 is 0.385 bits per heavy atom. The standard InChI is InChI=1S/C82H141NO13/c1-3-5-7-9-11-13-15-17-19-21-23-25-27-29-30-31-32-33-34-35-36-37-38-39-40-42-44-46-48-50-52-54-56-58-60-62-64-66-74(87)83-70(69-93-81-79(92)77(90)80(73(68-85)95-81)96-82-78(91)76(89)75(88)72(67-84)94-82)71(86)65-63-61-59-57-55-53-51-49-47-45-43-41-28-26-24-22-20-18-16-14-12-10-8-6-4-2/h5,7,11,13,17,19,23,25,29-30,32-33,35-36,38-39,42,44,48,50,70-73,75-82,84-86,88-92H,3-4,6,8-10,12,14-16,18,20-22,24,26-28,31,34,37,40-41,43,45-47,49,51-69H2,1-2H3,(H,83,87)/b7-5-,13-11-,19-17-,25-23-,30-29-,33-32-,36-35-,39-38-,44-42-,50-48-. The Kier molecular flexibility index (Phi) is 59.7. The Morgan fingerprint density at radius 3 is 1.10 bits per heavy atom. The monoisotopic (exact) mass is 1350 g/mol. The number of ether oxygens (including phenoxy) is 4. The molecule has 14 heteroatoms. The molecule has 12 atom stereocenters. The van der Waals surface area contributed by atoms with Crippen LogP contribution in [0.2, 0.25) is 0 Å². The minimum absolute atomic E-state index is 0.223. The number of hydrogen-bond acceptors (Lipinski definition) is 13. The van der Waals surface area contributed by atoms with E-state index in [9.17, 15) is 45.6 Å². The lowest BCUT2D eigenvalue weighted by molar-refractivity contribution is -0.359. The predicted molar refractivity (Wildman–Crippen MR) is 396 cm³/mol. The van der Waals surface area contributed by atoms with Crippen molar-refractivity contribution < 1.29 is 64.6 Å². The fourth-order valence-electron chi connectivity index (χ4n) is 12.1. The van der Waals surface area contributed by atoms with Gasteiger partial charge in [0.2, 0.25) is 5.91 Å². The van der Waals surface area contributed by atoms with Gasteiger partial charge in [0.1, 0.15) is 48.8 Å². The molecule has 1 amide bonds. The number of rotatable bonds is 63.